The van der Waals surface area contributed by atoms with Crippen LogP contribution in [0, 0.1) is 0 Å². The summed E-state index contributed by atoms with van der Waals surface area (Å²) >= 11 is 0. The number of rotatable bonds is 0. The lowest BCUT2D eigenvalue weighted by Gasteiger charge is -2.22. The lowest BCUT2D eigenvalue weighted by molar-refractivity contribution is 0.512. The van der Waals surface area contributed by atoms with Gasteiger partial charge in [-0.15, -0.1) is 0 Å². The van der Waals surface area contributed by atoms with Crippen molar-refractivity contribution in [3.63, 3.8) is 0 Å². The second kappa shape index (κ2) is 3.12. The van der Waals surface area contributed by atoms with Crippen molar-refractivity contribution in [1.82, 2.24) is 5.32 Å². The number of hydrogen-bond donors (Lipinski definition) is 1. The van der Waals surface area contributed by atoms with Crippen molar-refractivity contribution in [3.05, 3.63) is 35.4 Å². The summed E-state index contributed by atoms with van der Waals surface area (Å²) in [5.41, 5.74) is 2.65. The number of hydrogen-bond acceptors (Lipinski definition) is 2. The zero-order valence-electron chi connectivity index (χ0n) is 8.96. The molecule has 0 aromatic heterocycles. The van der Waals surface area contributed by atoms with E-state index in [4.69, 9.17) is 0 Å². The molecule has 0 unspecified atom stereocenters. The van der Waals surface area contributed by atoms with Crippen molar-refractivity contribution in [2.24, 2.45) is 4.99 Å². The van der Waals surface area contributed by atoms with Crippen molar-refractivity contribution in [2.75, 3.05) is 0 Å². The van der Waals surface area contributed by atoms with E-state index in [0.29, 0.717) is 0 Å². The zero-order chi connectivity index (χ0) is 10.2. The van der Waals surface area contributed by atoms with E-state index in [1.807, 2.05) is 0 Å². The highest BCUT2D eigenvalue weighted by molar-refractivity contribution is 6.02. The third-order valence-corrected chi connectivity index (χ3v) is 2.17. The van der Waals surface area contributed by atoms with E-state index in [-0.39, 0.29) is 5.54 Å². The van der Waals surface area contributed by atoms with Gasteiger partial charge in [0.15, 0.2) is 0 Å². The number of nitrogens with zero attached hydrogens (tertiary/aromatic N) is 1. The Balaban J connectivity index is 2.25. The molecule has 1 N–H and O–H groups in total. The van der Waals surface area contributed by atoms with E-state index in [2.05, 4.69) is 55.3 Å². The second-order valence-corrected chi connectivity index (χ2v) is 4.70. The summed E-state index contributed by atoms with van der Waals surface area (Å²) in [4.78, 5) is 4.49. The summed E-state index contributed by atoms with van der Waals surface area (Å²) in [5, 5.41) is 3.42. The molecule has 1 aliphatic heterocycles. The van der Waals surface area contributed by atoms with Gasteiger partial charge in [-0.2, -0.15) is 0 Å². The molecule has 0 atom stereocenters. The molecule has 0 spiro atoms. The van der Waals surface area contributed by atoms with Crippen LogP contribution in [-0.4, -0.2) is 11.4 Å². The third kappa shape index (κ3) is 1.79. The molecule has 0 saturated heterocycles. The van der Waals surface area contributed by atoms with E-state index in [0.717, 1.165) is 12.4 Å². The molecule has 14 heavy (non-hydrogen) atoms. The lowest BCUT2D eigenvalue weighted by atomic mass is 10.1. The first-order valence-electron chi connectivity index (χ1n) is 4.97. The van der Waals surface area contributed by atoms with Gasteiger partial charge in [0.1, 0.15) is 5.84 Å². The molecule has 2 rings (SSSR count). The lowest BCUT2D eigenvalue weighted by Crippen LogP contribution is -2.40. The fraction of sp³-hybridized carbons (Fsp3) is 0.417. The van der Waals surface area contributed by atoms with Gasteiger partial charge in [0.2, 0.25) is 0 Å². The molecule has 0 amide bonds. The highest BCUT2D eigenvalue weighted by Crippen LogP contribution is 2.18. The van der Waals surface area contributed by atoms with Crippen LogP contribution in [0.5, 0.6) is 0 Å². The van der Waals surface area contributed by atoms with Crippen molar-refractivity contribution in [2.45, 2.75) is 32.9 Å². The van der Waals surface area contributed by atoms with Crippen LogP contribution < -0.4 is 5.32 Å². The van der Waals surface area contributed by atoms with Gasteiger partial charge in [0.25, 0.3) is 0 Å². The Labute approximate surface area is 85.1 Å². The first kappa shape index (κ1) is 9.25. The smallest absolute Gasteiger partial charge is 0.129 e. The average Bonchev–Trinajstić information content (AvgIpc) is 2.47. The van der Waals surface area contributed by atoms with Crippen LogP contribution in [0.4, 0.5) is 0 Å². The highest BCUT2D eigenvalue weighted by atomic mass is 15.1. The Bertz CT molecular complexity index is 372. The Morgan fingerprint density at radius 2 is 1.93 bits per heavy atom. The predicted octanol–water partition coefficient (Wildman–Crippen LogP) is 2.33. The maximum atomic E-state index is 4.49. The largest absolute Gasteiger partial charge is 0.365 e. The van der Waals surface area contributed by atoms with Crippen molar-refractivity contribution < 1.29 is 0 Å². The monoisotopic (exact) mass is 188 g/mol. The van der Waals surface area contributed by atoms with E-state index in [1.165, 1.54) is 11.1 Å². The van der Waals surface area contributed by atoms with Crippen LogP contribution in [0.2, 0.25) is 0 Å². The molecule has 0 radical (unpaired) electrons. The molecule has 0 bridgehead atoms. The van der Waals surface area contributed by atoms with E-state index < -0.39 is 0 Å². The SMILES string of the molecule is CC(C)(C)NC1=NCc2ccccc21. The second-order valence-electron chi connectivity index (χ2n) is 4.70. The average molecular weight is 188 g/mol. The highest BCUT2D eigenvalue weighted by Gasteiger charge is 2.19. The summed E-state index contributed by atoms with van der Waals surface area (Å²) in [5.74, 6) is 1.04. The fourth-order valence-electron chi connectivity index (χ4n) is 1.60. The number of amidine groups is 1. The van der Waals surface area contributed by atoms with Gasteiger partial charge in [0.05, 0.1) is 6.54 Å². The minimum Gasteiger partial charge on any atom is -0.365 e. The molecule has 1 heterocycles. The normalized spacial score (nSPS) is 14.9. The summed E-state index contributed by atoms with van der Waals surface area (Å²) in [6.45, 7) is 7.26. The Morgan fingerprint density at radius 1 is 1.21 bits per heavy atom. The van der Waals surface area contributed by atoms with Crippen LogP contribution >= 0.6 is 0 Å². The molecule has 2 heteroatoms. The van der Waals surface area contributed by atoms with Crippen molar-refractivity contribution in [1.29, 1.82) is 0 Å². The molecular weight excluding hydrogens is 172 g/mol. The minimum absolute atomic E-state index is 0.0796. The standard InChI is InChI=1S/C12H16N2/c1-12(2,3)14-11-10-7-5-4-6-9(10)8-13-11/h4-7H,8H2,1-3H3,(H,13,14). The molecular formula is C12H16N2. The van der Waals surface area contributed by atoms with Gasteiger partial charge < -0.3 is 5.32 Å². The molecule has 1 aromatic rings. The van der Waals surface area contributed by atoms with Gasteiger partial charge in [-0.1, -0.05) is 24.3 Å². The first-order chi connectivity index (χ1) is 6.56. The van der Waals surface area contributed by atoms with E-state index in [9.17, 15) is 0 Å². The summed E-state index contributed by atoms with van der Waals surface area (Å²) in [6.07, 6.45) is 0. The number of fused-ring (bicyclic) bond motifs is 1. The van der Waals surface area contributed by atoms with Gasteiger partial charge >= 0.3 is 0 Å². The minimum atomic E-state index is 0.0796. The quantitative estimate of drug-likeness (QED) is 0.664. The Kier molecular flexibility index (Phi) is 2.06. The Morgan fingerprint density at radius 3 is 2.64 bits per heavy atom. The Hall–Kier alpha value is -1.31. The maximum absolute atomic E-state index is 4.49. The molecule has 74 valence electrons. The summed E-state index contributed by atoms with van der Waals surface area (Å²) < 4.78 is 0. The predicted molar refractivity (Wildman–Crippen MR) is 59.6 cm³/mol. The summed E-state index contributed by atoms with van der Waals surface area (Å²) in [7, 11) is 0. The number of nitrogens with one attached hydrogen (secondary N) is 1. The molecule has 0 fully saturated rings. The summed E-state index contributed by atoms with van der Waals surface area (Å²) in [6, 6.07) is 8.38. The first-order valence-corrected chi connectivity index (χ1v) is 4.97. The zero-order valence-corrected chi connectivity index (χ0v) is 8.96. The molecule has 1 aliphatic rings. The molecule has 0 aliphatic carbocycles. The van der Waals surface area contributed by atoms with Gasteiger partial charge in [-0.05, 0) is 26.3 Å². The van der Waals surface area contributed by atoms with Crippen molar-refractivity contribution in [3.8, 4) is 0 Å². The van der Waals surface area contributed by atoms with Crippen LogP contribution in [0.15, 0.2) is 29.3 Å². The van der Waals surface area contributed by atoms with E-state index in [1.54, 1.807) is 0 Å². The molecule has 0 saturated carbocycles. The third-order valence-electron chi connectivity index (χ3n) is 2.17. The number of aliphatic imine (C=N–C) groups is 1. The van der Waals surface area contributed by atoms with E-state index >= 15 is 0 Å². The topological polar surface area (TPSA) is 24.4 Å². The van der Waals surface area contributed by atoms with Crippen LogP contribution in [0.1, 0.15) is 31.9 Å². The van der Waals surface area contributed by atoms with Gasteiger partial charge in [-0.25, -0.2) is 0 Å². The molecule has 2 nitrogen and oxygen atoms in total. The van der Waals surface area contributed by atoms with Crippen LogP contribution in [0.25, 0.3) is 0 Å². The van der Waals surface area contributed by atoms with Crippen molar-refractivity contribution >= 4 is 5.84 Å². The van der Waals surface area contributed by atoms with Gasteiger partial charge in [-0.3, -0.25) is 4.99 Å². The fourth-order valence-corrected chi connectivity index (χ4v) is 1.60. The van der Waals surface area contributed by atoms with Gasteiger partial charge in [0, 0.05) is 11.1 Å². The van der Waals surface area contributed by atoms with Crippen LogP contribution in [-0.2, 0) is 6.54 Å². The molecule has 1 aromatic carbocycles. The van der Waals surface area contributed by atoms with Crippen LogP contribution in [0.3, 0.4) is 0 Å². The maximum Gasteiger partial charge on any atom is 0.129 e. The number of benzene rings is 1.